The van der Waals surface area contributed by atoms with Crippen molar-refractivity contribution < 1.29 is 19.1 Å². The summed E-state index contributed by atoms with van der Waals surface area (Å²) >= 11 is 3.84. The molecule has 3 amide bonds. The van der Waals surface area contributed by atoms with Crippen LogP contribution in [0.5, 0.6) is 0 Å². The van der Waals surface area contributed by atoms with Crippen molar-refractivity contribution in [2.75, 3.05) is 31.2 Å². The topological polar surface area (TPSA) is 88.9 Å². The highest BCUT2D eigenvalue weighted by Crippen LogP contribution is 2.54. The van der Waals surface area contributed by atoms with E-state index in [9.17, 15) is 19.2 Å². The average Bonchev–Trinajstić information content (AvgIpc) is 3.58. The minimum absolute atomic E-state index is 0.0873. The van der Waals surface area contributed by atoms with E-state index in [1.165, 1.54) is 32.6 Å². The van der Waals surface area contributed by atoms with Crippen molar-refractivity contribution in [3.05, 3.63) is 66.8 Å². The van der Waals surface area contributed by atoms with Crippen molar-refractivity contribution in [1.82, 2.24) is 9.47 Å². The molecule has 2 aromatic heterocycles. The Hall–Kier alpha value is -2.73. The highest BCUT2D eigenvalue weighted by atomic mass is 32.2. The first-order chi connectivity index (χ1) is 17.4. The second kappa shape index (κ2) is 9.29. The summed E-state index contributed by atoms with van der Waals surface area (Å²) < 4.78 is 6.83. The van der Waals surface area contributed by atoms with Crippen LogP contribution in [0.15, 0.2) is 51.6 Å². The quantitative estimate of drug-likeness (QED) is 0.472. The van der Waals surface area contributed by atoms with Crippen LogP contribution in [0, 0.1) is 12.8 Å². The number of carbonyl (C=O) groups excluding carboxylic acids is 3. The molecule has 0 N–H and O–H groups in total. The van der Waals surface area contributed by atoms with E-state index in [4.69, 9.17) is 4.74 Å². The number of aromatic nitrogens is 1. The number of nitrogens with zero attached hydrogens (tertiary/aromatic N) is 3. The molecule has 11 heteroatoms. The Bertz CT molecular complexity index is 1390. The van der Waals surface area contributed by atoms with Crippen LogP contribution in [0.1, 0.15) is 21.2 Å². The van der Waals surface area contributed by atoms with Gasteiger partial charge in [-0.05, 0) is 30.5 Å². The fraction of sp³-hybridized carbons (Fsp3) is 0.360. The predicted octanol–water partition coefficient (Wildman–Crippen LogP) is 2.93. The van der Waals surface area contributed by atoms with Gasteiger partial charge in [0.2, 0.25) is 17.7 Å². The van der Waals surface area contributed by atoms with E-state index in [1.807, 2.05) is 36.6 Å². The molecule has 36 heavy (non-hydrogen) atoms. The maximum absolute atomic E-state index is 13.8. The van der Waals surface area contributed by atoms with E-state index < -0.39 is 17.1 Å². The number of thiazole rings is 1. The van der Waals surface area contributed by atoms with Gasteiger partial charge in [-0.15, -0.1) is 11.3 Å². The van der Waals surface area contributed by atoms with Gasteiger partial charge in [0.25, 0.3) is 0 Å². The molecule has 3 aliphatic heterocycles. The molecular formula is C25H23N3O5S3. The van der Waals surface area contributed by atoms with Crippen molar-refractivity contribution >= 4 is 57.8 Å². The lowest BCUT2D eigenvalue weighted by Gasteiger charge is -2.30. The maximum Gasteiger partial charge on any atom is 0.308 e. The summed E-state index contributed by atoms with van der Waals surface area (Å²) in [5, 5.41) is 1.89. The van der Waals surface area contributed by atoms with Crippen LogP contribution in [-0.4, -0.2) is 58.7 Å². The zero-order valence-electron chi connectivity index (χ0n) is 19.4. The molecular weight excluding hydrogens is 518 g/mol. The Kier molecular flexibility index (Phi) is 6.11. The number of hydrogen-bond donors (Lipinski definition) is 0. The van der Waals surface area contributed by atoms with Crippen molar-refractivity contribution in [1.29, 1.82) is 0 Å². The van der Waals surface area contributed by atoms with Gasteiger partial charge in [0.15, 0.2) is 0 Å². The van der Waals surface area contributed by atoms with E-state index in [2.05, 4.69) is 0 Å². The number of carbonyl (C=O) groups is 3. The number of fused-ring (bicyclic) bond motifs is 2. The minimum Gasteiger partial charge on any atom is -0.378 e. The fourth-order valence-electron chi connectivity index (χ4n) is 5.03. The number of hydrogen-bond acceptors (Lipinski definition) is 8. The van der Waals surface area contributed by atoms with Gasteiger partial charge in [0, 0.05) is 28.8 Å². The van der Waals surface area contributed by atoms with Crippen LogP contribution >= 0.6 is 34.4 Å². The van der Waals surface area contributed by atoms with Gasteiger partial charge in [-0.25, -0.2) is 4.90 Å². The van der Waals surface area contributed by atoms with Gasteiger partial charge in [-0.3, -0.25) is 23.7 Å². The number of benzene rings is 1. The first-order valence-corrected chi connectivity index (χ1v) is 14.2. The standard InChI is InChI=1S/C25H23N3O5S3/c1-14-4-6-15(7-5-14)28-22(30)19-18(16-3-2-12-34-16)21-24(35-20(19)23(28)31)27(25(32)36-21)13-17(29)26-8-10-33-11-9-26/h2-7,12,18-20H,8-11,13H2,1H3. The van der Waals surface area contributed by atoms with Crippen LogP contribution in [0.2, 0.25) is 0 Å². The summed E-state index contributed by atoms with van der Waals surface area (Å²) in [6.07, 6.45) is 0. The molecule has 3 aliphatic rings. The summed E-state index contributed by atoms with van der Waals surface area (Å²) in [5.74, 6) is -1.70. The highest BCUT2D eigenvalue weighted by Gasteiger charge is 2.57. The number of rotatable bonds is 4. The Balaban J connectivity index is 1.41. The second-order valence-corrected chi connectivity index (χ2v) is 12.1. The number of morpholine rings is 1. The van der Waals surface area contributed by atoms with E-state index in [0.29, 0.717) is 37.0 Å². The summed E-state index contributed by atoms with van der Waals surface area (Å²) in [6.45, 7) is 3.81. The lowest BCUT2D eigenvalue weighted by Crippen LogP contribution is -2.43. The first-order valence-electron chi connectivity index (χ1n) is 11.7. The highest BCUT2D eigenvalue weighted by molar-refractivity contribution is 8.00. The van der Waals surface area contributed by atoms with Gasteiger partial charge in [0.05, 0.1) is 29.8 Å². The molecule has 1 aromatic carbocycles. The third kappa shape index (κ3) is 3.85. The fourth-order valence-corrected chi connectivity index (χ4v) is 8.75. The van der Waals surface area contributed by atoms with Crippen molar-refractivity contribution in [3.8, 4) is 0 Å². The van der Waals surface area contributed by atoms with Crippen LogP contribution in [0.4, 0.5) is 5.69 Å². The monoisotopic (exact) mass is 541 g/mol. The number of imide groups is 1. The number of ether oxygens (including phenoxy) is 1. The number of anilines is 1. The van der Waals surface area contributed by atoms with Crippen molar-refractivity contribution in [3.63, 3.8) is 0 Å². The number of amides is 3. The van der Waals surface area contributed by atoms with Gasteiger partial charge in [-0.1, -0.05) is 46.9 Å². The normalized spacial score (nSPS) is 23.6. The molecule has 3 aromatic rings. The number of thioether (sulfide) groups is 1. The van der Waals surface area contributed by atoms with E-state index in [1.54, 1.807) is 17.0 Å². The summed E-state index contributed by atoms with van der Waals surface area (Å²) in [7, 11) is 0. The van der Waals surface area contributed by atoms with Crippen LogP contribution < -0.4 is 9.77 Å². The molecule has 2 fully saturated rings. The van der Waals surface area contributed by atoms with Gasteiger partial charge in [-0.2, -0.15) is 0 Å². The number of aryl methyl sites for hydroxylation is 1. The molecule has 0 bridgehead atoms. The Morgan fingerprint density at radius 2 is 1.81 bits per heavy atom. The van der Waals surface area contributed by atoms with Crippen LogP contribution in [0.3, 0.4) is 0 Å². The molecule has 8 nitrogen and oxygen atoms in total. The van der Waals surface area contributed by atoms with Gasteiger partial charge >= 0.3 is 4.87 Å². The molecule has 0 radical (unpaired) electrons. The lowest BCUT2D eigenvalue weighted by atomic mass is 9.87. The third-order valence-electron chi connectivity index (χ3n) is 6.85. The molecule has 3 unspecified atom stereocenters. The minimum atomic E-state index is -0.669. The molecule has 2 saturated heterocycles. The van der Waals surface area contributed by atoms with E-state index in [0.717, 1.165) is 26.7 Å². The molecule has 186 valence electrons. The van der Waals surface area contributed by atoms with Crippen molar-refractivity contribution in [2.45, 2.75) is 29.7 Å². The molecule has 6 rings (SSSR count). The average molecular weight is 542 g/mol. The number of thiophene rings is 1. The molecule has 3 atom stereocenters. The van der Waals surface area contributed by atoms with Gasteiger partial charge in [0.1, 0.15) is 11.8 Å². The van der Waals surface area contributed by atoms with E-state index >= 15 is 0 Å². The smallest absolute Gasteiger partial charge is 0.308 e. The van der Waals surface area contributed by atoms with Crippen LogP contribution in [-0.2, 0) is 25.7 Å². The summed E-state index contributed by atoms with van der Waals surface area (Å²) in [4.78, 5) is 58.0. The van der Waals surface area contributed by atoms with Crippen molar-refractivity contribution in [2.24, 2.45) is 5.92 Å². The first kappa shape index (κ1) is 23.7. The largest absolute Gasteiger partial charge is 0.378 e. The predicted molar refractivity (Wildman–Crippen MR) is 139 cm³/mol. The Morgan fingerprint density at radius 1 is 1.06 bits per heavy atom. The third-order valence-corrected chi connectivity index (χ3v) is 10.4. The SMILES string of the molecule is Cc1ccc(N2C(=O)C3Sc4c(sc(=O)n4CC(=O)N4CCOCC4)C(c4cccs4)C3C2=O)cc1. The Labute approximate surface area is 219 Å². The molecule has 0 spiro atoms. The zero-order chi connectivity index (χ0) is 25.0. The summed E-state index contributed by atoms with van der Waals surface area (Å²) in [6, 6.07) is 11.2. The Morgan fingerprint density at radius 3 is 2.50 bits per heavy atom. The molecule has 0 saturated carbocycles. The van der Waals surface area contributed by atoms with Crippen LogP contribution in [0.25, 0.3) is 0 Å². The second-order valence-electron chi connectivity index (χ2n) is 9.02. The van der Waals surface area contributed by atoms with Gasteiger partial charge < -0.3 is 9.64 Å². The van der Waals surface area contributed by atoms with E-state index in [-0.39, 0.29) is 29.1 Å². The molecule has 5 heterocycles. The lowest BCUT2D eigenvalue weighted by molar-refractivity contribution is -0.136. The zero-order valence-corrected chi connectivity index (χ0v) is 21.9. The summed E-state index contributed by atoms with van der Waals surface area (Å²) in [5.41, 5.74) is 1.59. The maximum atomic E-state index is 13.8. The molecule has 0 aliphatic carbocycles.